The fraction of sp³-hybridized carbons (Fsp3) is 0.0769. The molecule has 1 N–H and O–H groups in total. The first-order chi connectivity index (χ1) is 7.38. The van der Waals surface area contributed by atoms with Gasteiger partial charge in [-0.05, 0) is 16.2 Å². The van der Waals surface area contributed by atoms with Crippen LogP contribution in [0.15, 0.2) is 54.6 Å². The van der Waals surface area contributed by atoms with Crippen LogP contribution in [0.1, 0.15) is 5.56 Å². The van der Waals surface area contributed by atoms with Gasteiger partial charge in [-0.2, -0.15) is 0 Å². The Bertz CT molecular complexity index is 408. The summed E-state index contributed by atoms with van der Waals surface area (Å²) < 4.78 is 0. The lowest BCUT2D eigenvalue weighted by Gasteiger charge is -2.02. The zero-order valence-electron chi connectivity index (χ0n) is 8.35. The lowest BCUT2D eigenvalue weighted by atomic mass is 10.2. The Labute approximate surface area is 91.6 Å². The van der Waals surface area contributed by atoms with Crippen LogP contribution in [0.3, 0.4) is 0 Å². The maximum Gasteiger partial charge on any atom is 0.0681 e. The maximum atomic E-state index is 8.92. The first kappa shape index (κ1) is 10.4. The van der Waals surface area contributed by atoms with Crippen molar-refractivity contribution in [2.75, 3.05) is 0 Å². The van der Waals surface area contributed by atoms with Crippen molar-refractivity contribution in [3.05, 3.63) is 60.2 Å². The molecule has 0 saturated carbocycles. The summed E-state index contributed by atoms with van der Waals surface area (Å²) >= 11 is 0. The Morgan fingerprint density at radius 2 is 1.40 bits per heavy atom. The molecule has 0 amide bonds. The summed E-state index contributed by atoms with van der Waals surface area (Å²) in [6, 6.07) is 18.5. The molecule has 0 radical (unpaired) electrons. The van der Waals surface area contributed by atoms with Gasteiger partial charge < -0.3 is 5.11 Å². The van der Waals surface area contributed by atoms with Crippen molar-refractivity contribution in [1.82, 2.24) is 0 Å². The van der Waals surface area contributed by atoms with Crippen LogP contribution in [0.25, 0.3) is 0 Å². The Hall–Kier alpha value is -1.17. The van der Waals surface area contributed by atoms with Crippen LogP contribution >= 0.6 is 8.58 Å². The highest BCUT2D eigenvalue weighted by Gasteiger charge is 1.95. The third-order valence-corrected chi connectivity index (χ3v) is 3.44. The van der Waals surface area contributed by atoms with Crippen molar-refractivity contribution in [2.24, 2.45) is 0 Å². The summed E-state index contributed by atoms with van der Waals surface area (Å²) in [5.41, 5.74) is 0.969. The first-order valence-corrected chi connectivity index (χ1v) is 5.90. The minimum Gasteiger partial charge on any atom is -0.392 e. The van der Waals surface area contributed by atoms with Crippen LogP contribution in [-0.2, 0) is 6.61 Å². The summed E-state index contributed by atoms with van der Waals surface area (Å²) in [6.45, 7) is 0.120. The molecule has 2 heteroatoms. The van der Waals surface area contributed by atoms with E-state index in [1.807, 2.05) is 18.2 Å². The average Bonchev–Trinajstić information content (AvgIpc) is 2.31. The molecule has 1 atom stereocenters. The Kier molecular flexibility index (Phi) is 3.49. The van der Waals surface area contributed by atoms with Gasteiger partial charge in [-0.25, -0.2) is 0 Å². The molecule has 76 valence electrons. The maximum absolute atomic E-state index is 8.92. The molecule has 1 nitrogen and oxygen atoms in total. The quantitative estimate of drug-likeness (QED) is 0.776. The molecule has 2 aromatic rings. The van der Waals surface area contributed by atoms with Crippen LogP contribution in [0.2, 0.25) is 0 Å². The molecular weight excluding hydrogens is 203 g/mol. The van der Waals surface area contributed by atoms with Crippen molar-refractivity contribution in [2.45, 2.75) is 6.61 Å². The van der Waals surface area contributed by atoms with Gasteiger partial charge in [0.05, 0.1) is 6.61 Å². The van der Waals surface area contributed by atoms with Gasteiger partial charge in [0, 0.05) is 0 Å². The second kappa shape index (κ2) is 5.06. The van der Waals surface area contributed by atoms with Gasteiger partial charge in [-0.3, -0.25) is 0 Å². The molecule has 0 aliphatic rings. The zero-order chi connectivity index (χ0) is 10.5. The van der Waals surface area contributed by atoms with Crippen LogP contribution in [0.4, 0.5) is 0 Å². The summed E-state index contributed by atoms with van der Waals surface area (Å²) in [6.07, 6.45) is 0. The molecule has 0 saturated heterocycles. The average molecular weight is 216 g/mol. The van der Waals surface area contributed by atoms with Crippen molar-refractivity contribution < 1.29 is 5.11 Å². The topological polar surface area (TPSA) is 20.2 Å². The van der Waals surface area contributed by atoms with E-state index in [2.05, 4.69) is 36.4 Å². The molecular formula is C13H13OP. The van der Waals surface area contributed by atoms with E-state index in [0.29, 0.717) is 8.58 Å². The fourth-order valence-corrected chi connectivity index (χ4v) is 2.41. The second-order valence-corrected chi connectivity index (χ2v) is 4.75. The lowest BCUT2D eigenvalue weighted by Crippen LogP contribution is -2.02. The highest BCUT2D eigenvalue weighted by Crippen LogP contribution is 2.10. The monoisotopic (exact) mass is 216 g/mol. The van der Waals surface area contributed by atoms with E-state index in [-0.39, 0.29) is 6.61 Å². The van der Waals surface area contributed by atoms with E-state index >= 15 is 0 Å². The predicted molar refractivity (Wildman–Crippen MR) is 66.4 cm³/mol. The van der Waals surface area contributed by atoms with Crippen LogP contribution < -0.4 is 10.6 Å². The minimum atomic E-state index is 0.120. The number of hydrogen-bond donors (Lipinski definition) is 1. The van der Waals surface area contributed by atoms with E-state index in [1.165, 1.54) is 10.6 Å². The van der Waals surface area contributed by atoms with Gasteiger partial charge in [0.25, 0.3) is 0 Å². The molecule has 0 aliphatic heterocycles. The van der Waals surface area contributed by atoms with Gasteiger partial charge in [0.1, 0.15) is 0 Å². The highest BCUT2D eigenvalue weighted by atomic mass is 31.1. The predicted octanol–water partition coefficient (Wildman–Crippen LogP) is 1.81. The molecule has 0 aliphatic carbocycles. The van der Waals surface area contributed by atoms with Crippen LogP contribution in [-0.4, -0.2) is 5.11 Å². The SMILES string of the molecule is OCc1ccc(Pc2ccccc2)cc1. The Morgan fingerprint density at radius 1 is 0.800 bits per heavy atom. The number of rotatable bonds is 3. The second-order valence-electron chi connectivity index (χ2n) is 3.35. The smallest absolute Gasteiger partial charge is 0.0681 e. The minimum absolute atomic E-state index is 0.120. The molecule has 2 rings (SSSR count). The lowest BCUT2D eigenvalue weighted by molar-refractivity contribution is 0.282. The molecule has 0 aromatic heterocycles. The van der Waals surface area contributed by atoms with E-state index in [1.54, 1.807) is 0 Å². The molecule has 0 bridgehead atoms. The van der Waals surface area contributed by atoms with Gasteiger partial charge in [-0.15, -0.1) is 0 Å². The van der Waals surface area contributed by atoms with Gasteiger partial charge in [0.15, 0.2) is 0 Å². The summed E-state index contributed by atoms with van der Waals surface area (Å²) in [4.78, 5) is 0. The van der Waals surface area contributed by atoms with Crippen LogP contribution in [0, 0.1) is 0 Å². The molecule has 1 unspecified atom stereocenters. The number of aliphatic hydroxyl groups is 1. The molecule has 2 aromatic carbocycles. The summed E-state index contributed by atoms with van der Waals surface area (Å²) in [5.74, 6) is 0. The van der Waals surface area contributed by atoms with Gasteiger partial charge >= 0.3 is 0 Å². The van der Waals surface area contributed by atoms with Crippen molar-refractivity contribution in [3.63, 3.8) is 0 Å². The van der Waals surface area contributed by atoms with Crippen LogP contribution in [0.5, 0.6) is 0 Å². The number of aliphatic hydroxyl groups excluding tert-OH is 1. The fourth-order valence-electron chi connectivity index (χ4n) is 1.38. The Balaban J connectivity index is 2.11. The highest BCUT2D eigenvalue weighted by molar-refractivity contribution is 7.55. The number of benzene rings is 2. The molecule has 0 spiro atoms. The summed E-state index contributed by atoms with van der Waals surface area (Å²) in [5, 5.41) is 11.6. The molecule has 0 fully saturated rings. The summed E-state index contributed by atoms with van der Waals surface area (Å²) in [7, 11) is 0.693. The van der Waals surface area contributed by atoms with E-state index in [9.17, 15) is 0 Å². The number of hydrogen-bond acceptors (Lipinski definition) is 1. The largest absolute Gasteiger partial charge is 0.392 e. The van der Waals surface area contributed by atoms with Gasteiger partial charge in [0.2, 0.25) is 0 Å². The first-order valence-electron chi connectivity index (χ1n) is 4.90. The van der Waals surface area contributed by atoms with Gasteiger partial charge in [-0.1, -0.05) is 63.2 Å². The van der Waals surface area contributed by atoms with E-state index < -0.39 is 0 Å². The molecule has 15 heavy (non-hydrogen) atoms. The van der Waals surface area contributed by atoms with E-state index in [0.717, 1.165) is 5.56 Å². The standard InChI is InChI=1S/C13H13OP/c14-10-11-6-8-13(9-7-11)15-12-4-2-1-3-5-12/h1-9,14-15H,10H2. The normalized spacial score (nSPS) is 11.0. The van der Waals surface area contributed by atoms with E-state index in [4.69, 9.17) is 5.11 Å². The van der Waals surface area contributed by atoms with Crippen molar-refractivity contribution in [1.29, 1.82) is 0 Å². The Morgan fingerprint density at radius 3 is 2.00 bits per heavy atom. The molecule has 0 heterocycles. The van der Waals surface area contributed by atoms with Crippen molar-refractivity contribution >= 4 is 19.2 Å². The third kappa shape index (κ3) is 2.89. The van der Waals surface area contributed by atoms with Crippen molar-refractivity contribution in [3.8, 4) is 0 Å². The third-order valence-electron chi connectivity index (χ3n) is 2.20. The zero-order valence-corrected chi connectivity index (χ0v) is 9.35.